The number of para-hydroxylation sites is 1. The lowest BCUT2D eigenvalue weighted by atomic mass is 9.87. The molecule has 0 N–H and O–H groups in total. The summed E-state index contributed by atoms with van der Waals surface area (Å²) >= 11 is 0. The second kappa shape index (κ2) is 7.89. The number of amides is 1. The summed E-state index contributed by atoms with van der Waals surface area (Å²) in [6.45, 7) is 4.61. The molecule has 1 heterocycles. The van der Waals surface area contributed by atoms with Gasteiger partial charge in [0.1, 0.15) is 5.75 Å². The van der Waals surface area contributed by atoms with Crippen molar-refractivity contribution in [1.82, 2.24) is 4.90 Å². The molecule has 2 unspecified atom stereocenters. The fourth-order valence-electron chi connectivity index (χ4n) is 3.90. The first-order valence-electron chi connectivity index (χ1n) is 9.80. The van der Waals surface area contributed by atoms with E-state index < -0.39 is 6.10 Å². The predicted octanol–water partition coefficient (Wildman–Crippen LogP) is 4.94. The first-order chi connectivity index (χ1) is 13.6. The van der Waals surface area contributed by atoms with Gasteiger partial charge in [-0.05, 0) is 49.1 Å². The summed E-state index contributed by atoms with van der Waals surface area (Å²) in [5.41, 5.74) is 4.87. The third kappa shape index (κ3) is 3.65. The maximum absolute atomic E-state index is 13.4. The minimum atomic E-state index is -0.541. The lowest BCUT2D eigenvalue weighted by Crippen LogP contribution is -2.46. The molecule has 3 aromatic rings. The number of carbonyl (C=O) groups excluding carboxylic acids is 1. The Morgan fingerprint density at radius 1 is 0.964 bits per heavy atom. The van der Waals surface area contributed by atoms with Gasteiger partial charge in [0.15, 0.2) is 6.10 Å². The second-order valence-corrected chi connectivity index (χ2v) is 7.37. The molecule has 1 aliphatic heterocycles. The molecule has 1 amide bonds. The van der Waals surface area contributed by atoms with Gasteiger partial charge in [0.05, 0.1) is 6.04 Å². The molecule has 0 fully saturated rings. The molecule has 4 rings (SSSR count). The van der Waals surface area contributed by atoms with E-state index in [1.54, 1.807) is 0 Å². The summed E-state index contributed by atoms with van der Waals surface area (Å²) in [4.78, 5) is 15.3. The molecular formula is C25H25NO2. The largest absolute Gasteiger partial charge is 0.481 e. The molecule has 3 heteroatoms. The Balaban J connectivity index is 1.66. The molecule has 28 heavy (non-hydrogen) atoms. The number of fused-ring (bicyclic) bond motifs is 1. The molecule has 2 atom stereocenters. The molecule has 3 nitrogen and oxygen atoms in total. The highest BCUT2D eigenvalue weighted by molar-refractivity contribution is 5.82. The van der Waals surface area contributed by atoms with Crippen LogP contribution in [0.3, 0.4) is 0 Å². The SMILES string of the molecule is Cc1ccc(C2c3ccccc3CCN2C(=O)C(C)Oc2ccccc2)cc1. The Morgan fingerprint density at radius 3 is 2.39 bits per heavy atom. The van der Waals surface area contributed by atoms with Gasteiger partial charge in [0, 0.05) is 6.54 Å². The molecule has 0 aliphatic carbocycles. The maximum atomic E-state index is 13.4. The monoisotopic (exact) mass is 371 g/mol. The number of ether oxygens (including phenoxy) is 1. The van der Waals surface area contributed by atoms with Crippen LogP contribution in [0.1, 0.15) is 35.2 Å². The molecule has 0 saturated heterocycles. The summed E-state index contributed by atoms with van der Waals surface area (Å²) in [5.74, 6) is 0.733. The summed E-state index contributed by atoms with van der Waals surface area (Å²) in [5, 5.41) is 0. The molecule has 0 spiro atoms. The van der Waals surface area contributed by atoms with Crippen molar-refractivity contribution in [3.8, 4) is 5.75 Å². The van der Waals surface area contributed by atoms with Crippen LogP contribution in [0.4, 0.5) is 0 Å². The summed E-state index contributed by atoms with van der Waals surface area (Å²) in [7, 11) is 0. The molecule has 0 bridgehead atoms. The molecule has 1 aliphatic rings. The van der Waals surface area contributed by atoms with E-state index >= 15 is 0 Å². The van der Waals surface area contributed by atoms with Crippen LogP contribution in [0.15, 0.2) is 78.9 Å². The number of aryl methyl sites for hydroxylation is 1. The Morgan fingerprint density at radius 2 is 1.64 bits per heavy atom. The lowest BCUT2D eigenvalue weighted by Gasteiger charge is -2.39. The quantitative estimate of drug-likeness (QED) is 0.650. The number of benzene rings is 3. The van der Waals surface area contributed by atoms with E-state index in [1.807, 2.05) is 42.2 Å². The van der Waals surface area contributed by atoms with Crippen molar-refractivity contribution in [2.75, 3.05) is 6.54 Å². The van der Waals surface area contributed by atoms with Gasteiger partial charge in [-0.15, -0.1) is 0 Å². The Kier molecular flexibility index (Phi) is 5.16. The molecule has 0 saturated carbocycles. The third-order valence-corrected chi connectivity index (χ3v) is 5.36. The van der Waals surface area contributed by atoms with E-state index in [-0.39, 0.29) is 11.9 Å². The molecule has 3 aromatic carbocycles. The van der Waals surface area contributed by atoms with Gasteiger partial charge in [0.2, 0.25) is 0 Å². The number of nitrogens with zero attached hydrogens (tertiary/aromatic N) is 1. The van der Waals surface area contributed by atoms with Crippen LogP contribution in [0.25, 0.3) is 0 Å². The van der Waals surface area contributed by atoms with Gasteiger partial charge >= 0.3 is 0 Å². The van der Waals surface area contributed by atoms with Crippen LogP contribution in [0.2, 0.25) is 0 Å². The maximum Gasteiger partial charge on any atom is 0.264 e. The van der Waals surface area contributed by atoms with Gasteiger partial charge < -0.3 is 9.64 Å². The molecular weight excluding hydrogens is 346 g/mol. The summed E-state index contributed by atoms with van der Waals surface area (Å²) in [6, 6.07) is 26.4. The minimum absolute atomic E-state index is 0.0175. The topological polar surface area (TPSA) is 29.5 Å². The molecule has 0 radical (unpaired) electrons. The zero-order valence-electron chi connectivity index (χ0n) is 16.3. The van der Waals surface area contributed by atoms with E-state index in [2.05, 4.69) is 55.5 Å². The van der Waals surface area contributed by atoms with Crippen LogP contribution in [0, 0.1) is 6.92 Å². The average Bonchev–Trinajstić information content (AvgIpc) is 2.74. The number of hydrogen-bond donors (Lipinski definition) is 0. The van der Waals surface area contributed by atoms with Crippen molar-refractivity contribution in [2.24, 2.45) is 0 Å². The van der Waals surface area contributed by atoms with E-state index in [1.165, 1.54) is 16.7 Å². The van der Waals surface area contributed by atoms with Gasteiger partial charge in [0.25, 0.3) is 5.91 Å². The average molecular weight is 371 g/mol. The number of carbonyl (C=O) groups is 1. The second-order valence-electron chi connectivity index (χ2n) is 7.37. The number of hydrogen-bond acceptors (Lipinski definition) is 2. The molecule has 142 valence electrons. The van der Waals surface area contributed by atoms with Crippen molar-refractivity contribution in [1.29, 1.82) is 0 Å². The Bertz CT molecular complexity index is 950. The highest BCUT2D eigenvalue weighted by Crippen LogP contribution is 2.35. The van der Waals surface area contributed by atoms with Crippen LogP contribution in [-0.4, -0.2) is 23.5 Å². The predicted molar refractivity (Wildman–Crippen MR) is 111 cm³/mol. The van der Waals surface area contributed by atoms with Crippen LogP contribution in [-0.2, 0) is 11.2 Å². The zero-order valence-corrected chi connectivity index (χ0v) is 16.3. The van der Waals surface area contributed by atoms with Gasteiger partial charge in [-0.1, -0.05) is 72.3 Å². The fourth-order valence-corrected chi connectivity index (χ4v) is 3.90. The van der Waals surface area contributed by atoms with Crippen LogP contribution >= 0.6 is 0 Å². The zero-order chi connectivity index (χ0) is 19.5. The van der Waals surface area contributed by atoms with Crippen molar-refractivity contribution < 1.29 is 9.53 Å². The van der Waals surface area contributed by atoms with Crippen molar-refractivity contribution in [3.05, 3.63) is 101 Å². The van der Waals surface area contributed by atoms with Gasteiger partial charge in [-0.2, -0.15) is 0 Å². The minimum Gasteiger partial charge on any atom is -0.481 e. The Labute approximate surface area is 166 Å². The van der Waals surface area contributed by atoms with E-state index in [9.17, 15) is 4.79 Å². The third-order valence-electron chi connectivity index (χ3n) is 5.36. The summed E-state index contributed by atoms with van der Waals surface area (Å²) < 4.78 is 5.93. The standard InChI is InChI=1S/C25H25NO2/c1-18-12-14-21(15-13-18)24-23-11-7-6-8-20(23)16-17-26(24)25(27)19(2)28-22-9-4-3-5-10-22/h3-15,19,24H,16-17H2,1-2H3. The number of rotatable bonds is 4. The van der Waals surface area contributed by atoms with Crippen molar-refractivity contribution in [2.45, 2.75) is 32.4 Å². The summed E-state index contributed by atoms with van der Waals surface area (Å²) in [6.07, 6.45) is 0.322. The normalized spacial score (nSPS) is 16.9. The first kappa shape index (κ1) is 18.3. The van der Waals surface area contributed by atoms with Crippen LogP contribution < -0.4 is 4.74 Å². The lowest BCUT2D eigenvalue weighted by molar-refractivity contribution is -0.140. The van der Waals surface area contributed by atoms with E-state index in [4.69, 9.17) is 4.74 Å². The van der Waals surface area contributed by atoms with E-state index in [0.717, 1.165) is 12.0 Å². The van der Waals surface area contributed by atoms with Gasteiger partial charge in [-0.25, -0.2) is 0 Å². The molecule has 0 aromatic heterocycles. The smallest absolute Gasteiger partial charge is 0.264 e. The highest BCUT2D eigenvalue weighted by Gasteiger charge is 2.34. The van der Waals surface area contributed by atoms with Crippen molar-refractivity contribution >= 4 is 5.91 Å². The highest BCUT2D eigenvalue weighted by atomic mass is 16.5. The fraction of sp³-hybridized carbons (Fsp3) is 0.240. The Hall–Kier alpha value is -3.07. The van der Waals surface area contributed by atoms with Crippen molar-refractivity contribution in [3.63, 3.8) is 0 Å². The van der Waals surface area contributed by atoms with E-state index in [0.29, 0.717) is 12.3 Å². The first-order valence-corrected chi connectivity index (χ1v) is 9.80. The van der Waals surface area contributed by atoms with Crippen LogP contribution in [0.5, 0.6) is 5.75 Å². The van der Waals surface area contributed by atoms with Gasteiger partial charge in [-0.3, -0.25) is 4.79 Å².